The van der Waals surface area contributed by atoms with E-state index in [4.69, 9.17) is 5.11 Å². The Morgan fingerprint density at radius 2 is 1.80 bits per heavy atom. The number of nitrogens with one attached hydrogen (secondary N) is 2. The van der Waals surface area contributed by atoms with Crippen LogP contribution in [-0.2, 0) is 0 Å². The number of halogens is 5. The Bertz CT molecular complexity index is 1030. The second-order valence-corrected chi connectivity index (χ2v) is 5.94. The van der Waals surface area contributed by atoms with Crippen molar-refractivity contribution in [3.63, 3.8) is 0 Å². The molecule has 158 valence electrons. The molecule has 0 spiro atoms. The molecule has 1 aromatic heterocycles. The van der Waals surface area contributed by atoms with Gasteiger partial charge in [0, 0.05) is 24.2 Å². The SMILES string of the molecule is OCCNc1nc(Nc2cc(F)ccc2F)cc(-c2cccc(OC(F)(F)F)c2)n1. The number of hydrogen-bond donors (Lipinski definition) is 3. The summed E-state index contributed by atoms with van der Waals surface area (Å²) in [7, 11) is 0. The second kappa shape index (κ2) is 8.91. The zero-order chi connectivity index (χ0) is 21.7. The van der Waals surface area contributed by atoms with Gasteiger partial charge in [-0.1, -0.05) is 12.1 Å². The molecule has 0 bridgehead atoms. The number of hydrogen-bond acceptors (Lipinski definition) is 6. The highest BCUT2D eigenvalue weighted by atomic mass is 19.4. The van der Waals surface area contributed by atoms with Crippen molar-refractivity contribution in [3.8, 4) is 17.0 Å². The van der Waals surface area contributed by atoms with E-state index in [1.165, 1.54) is 18.2 Å². The van der Waals surface area contributed by atoms with Crippen LogP contribution in [0.15, 0.2) is 48.5 Å². The Labute approximate surface area is 167 Å². The molecule has 0 fully saturated rings. The summed E-state index contributed by atoms with van der Waals surface area (Å²) in [5, 5.41) is 14.3. The lowest BCUT2D eigenvalue weighted by atomic mass is 10.1. The number of alkyl halides is 3. The first kappa shape index (κ1) is 21.2. The minimum atomic E-state index is -4.86. The van der Waals surface area contributed by atoms with Crippen LogP contribution in [0, 0.1) is 11.6 Å². The van der Waals surface area contributed by atoms with E-state index < -0.39 is 23.7 Å². The Hall–Kier alpha value is -3.47. The first-order valence-corrected chi connectivity index (χ1v) is 8.55. The van der Waals surface area contributed by atoms with Crippen LogP contribution in [0.5, 0.6) is 5.75 Å². The normalized spacial score (nSPS) is 11.3. The van der Waals surface area contributed by atoms with Gasteiger partial charge in [0.1, 0.15) is 23.2 Å². The average Bonchev–Trinajstić information content (AvgIpc) is 2.68. The van der Waals surface area contributed by atoms with Gasteiger partial charge in [0.25, 0.3) is 0 Å². The maximum atomic E-state index is 13.9. The third-order valence-corrected chi connectivity index (χ3v) is 3.68. The Morgan fingerprint density at radius 3 is 2.53 bits per heavy atom. The molecule has 3 N–H and O–H groups in total. The van der Waals surface area contributed by atoms with Crippen LogP contribution in [0.1, 0.15) is 0 Å². The molecule has 2 aromatic carbocycles. The topological polar surface area (TPSA) is 79.3 Å². The maximum Gasteiger partial charge on any atom is 0.573 e. The van der Waals surface area contributed by atoms with Crippen LogP contribution in [-0.4, -0.2) is 34.6 Å². The van der Waals surface area contributed by atoms with Crippen LogP contribution in [0.3, 0.4) is 0 Å². The van der Waals surface area contributed by atoms with Crippen LogP contribution in [0.2, 0.25) is 0 Å². The van der Waals surface area contributed by atoms with Crippen molar-refractivity contribution in [2.24, 2.45) is 0 Å². The van der Waals surface area contributed by atoms with Crippen LogP contribution in [0.4, 0.5) is 39.4 Å². The molecule has 0 saturated heterocycles. The van der Waals surface area contributed by atoms with E-state index >= 15 is 0 Å². The molecule has 6 nitrogen and oxygen atoms in total. The minimum Gasteiger partial charge on any atom is -0.406 e. The van der Waals surface area contributed by atoms with Gasteiger partial charge in [-0.15, -0.1) is 13.2 Å². The quantitative estimate of drug-likeness (QED) is 0.484. The van der Waals surface area contributed by atoms with Crippen molar-refractivity contribution in [3.05, 3.63) is 60.2 Å². The van der Waals surface area contributed by atoms with Gasteiger partial charge in [0.15, 0.2) is 0 Å². The van der Waals surface area contributed by atoms with Gasteiger partial charge in [0.05, 0.1) is 18.0 Å². The molecule has 0 radical (unpaired) electrons. The Morgan fingerprint density at radius 1 is 1.00 bits per heavy atom. The van der Waals surface area contributed by atoms with Crippen molar-refractivity contribution in [2.75, 3.05) is 23.8 Å². The lowest BCUT2D eigenvalue weighted by Gasteiger charge is -2.13. The van der Waals surface area contributed by atoms with E-state index in [0.717, 1.165) is 30.3 Å². The van der Waals surface area contributed by atoms with E-state index in [-0.39, 0.29) is 41.9 Å². The van der Waals surface area contributed by atoms with Gasteiger partial charge >= 0.3 is 6.36 Å². The van der Waals surface area contributed by atoms with Crippen LogP contribution < -0.4 is 15.4 Å². The lowest BCUT2D eigenvalue weighted by Crippen LogP contribution is -2.17. The monoisotopic (exact) mass is 426 g/mol. The standard InChI is InChI=1S/C19H15F5N4O2/c20-12-4-5-14(21)16(9-12)26-17-10-15(27-18(28-17)25-6-7-29)11-2-1-3-13(8-11)30-19(22,23)24/h1-5,8-10,29H,6-7H2,(H2,25,26,27,28). The van der Waals surface area contributed by atoms with E-state index in [0.29, 0.717) is 0 Å². The second-order valence-electron chi connectivity index (χ2n) is 5.94. The summed E-state index contributed by atoms with van der Waals surface area (Å²) >= 11 is 0. The number of ether oxygens (including phenoxy) is 1. The fourth-order valence-electron chi connectivity index (χ4n) is 2.49. The van der Waals surface area contributed by atoms with E-state index in [2.05, 4.69) is 25.3 Å². The first-order chi connectivity index (χ1) is 14.2. The van der Waals surface area contributed by atoms with Crippen molar-refractivity contribution >= 4 is 17.5 Å². The number of rotatable bonds is 7. The first-order valence-electron chi connectivity index (χ1n) is 8.55. The smallest absolute Gasteiger partial charge is 0.406 e. The molecule has 30 heavy (non-hydrogen) atoms. The Balaban J connectivity index is 1.99. The molecule has 0 aliphatic carbocycles. The zero-order valence-corrected chi connectivity index (χ0v) is 15.2. The van der Waals surface area contributed by atoms with Crippen molar-refractivity contribution in [1.82, 2.24) is 9.97 Å². The van der Waals surface area contributed by atoms with Crippen LogP contribution in [0.25, 0.3) is 11.3 Å². The summed E-state index contributed by atoms with van der Waals surface area (Å²) in [6.45, 7) is -0.141. The van der Waals surface area contributed by atoms with Gasteiger partial charge in [0.2, 0.25) is 5.95 Å². The number of aliphatic hydroxyl groups excluding tert-OH is 1. The van der Waals surface area contributed by atoms with Gasteiger partial charge in [-0.2, -0.15) is 4.98 Å². The van der Waals surface area contributed by atoms with Crippen LogP contribution >= 0.6 is 0 Å². The van der Waals surface area contributed by atoms with Gasteiger partial charge < -0.3 is 20.5 Å². The molecule has 11 heteroatoms. The van der Waals surface area contributed by atoms with Crippen molar-refractivity contribution in [2.45, 2.75) is 6.36 Å². The average molecular weight is 426 g/mol. The van der Waals surface area contributed by atoms with Gasteiger partial charge in [-0.3, -0.25) is 0 Å². The molecule has 0 amide bonds. The van der Waals surface area contributed by atoms with E-state index in [1.807, 2.05) is 0 Å². The maximum absolute atomic E-state index is 13.9. The summed E-state index contributed by atoms with van der Waals surface area (Å²) < 4.78 is 68.8. The highest BCUT2D eigenvalue weighted by Gasteiger charge is 2.31. The number of benzene rings is 2. The number of anilines is 3. The molecule has 3 rings (SSSR count). The summed E-state index contributed by atoms with van der Waals surface area (Å²) in [6.07, 6.45) is -4.86. The summed E-state index contributed by atoms with van der Waals surface area (Å²) in [5.41, 5.74) is 0.244. The van der Waals surface area contributed by atoms with Crippen molar-refractivity contribution < 1.29 is 31.8 Å². The highest BCUT2D eigenvalue weighted by molar-refractivity contribution is 5.68. The third-order valence-electron chi connectivity index (χ3n) is 3.68. The molecule has 0 atom stereocenters. The number of nitrogens with zero attached hydrogens (tertiary/aromatic N) is 2. The highest BCUT2D eigenvalue weighted by Crippen LogP contribution is 2.29. The lowest BCUT2D eigenvalue weighted by molar-refractivity contribution is -0.274. The molecule has 0 saturated carbocycles. The molecular formula is C19H15F5N4O2. The molecular weight excluding hydrogens is 411 g/mol. The summed E-state index contributed by atoms with van der Waals surface area (Å²) in [6, 6.07) is 9.25. The fourth-order valence-corrected chi connectivity index (χ4v) is 2.49. The molecule has 1 heterocycles. The largest absolute Gasteiger partial charge is 0.573 e. The molecule has 3 aromatic rings. The minimum absolute atomic E-state index is 0.0167. The fraction of sp³-hybridized carbons (Fsp3) is 0.158. The summed E-state index contributed by atoms with van der Waals surface area (Å²) in [5.74, 6) is -1.80. The predicted molar refractivity (Wildman–Crippen MR) is 99.4 cm³/mol. The molecule has 0 aliphatic rings. The van der Waals surface area contributed by atoms with Crippen molar-refractivity contribution in [1.29, 1.82) is 0 Å². The summed E-state index contributed by atoms with van der Waals surface area (Å²) in [4.78, 5) is 8.28. The Kier molecular flexibility index (Phi) is 6.31. The van der Waals surface area contributed by atoms with Gasteiger partial charge in [-0.25, -0.2) is 13.8 Å². The number of aliphatic hydroxyl groups is 1. The molecule has 0 aliphatic heterocycles. The predicted octanol–water partition coefficient (Wildman–Crippen LogP) is 4.47. The van der Waals surface area contributed by atoms with Gasteiger partial charge in [-0.05, 0) is 24.3 Å². The number of aromatic nitrogens is 2. The zero-order valence-electron chi connectivity index (χ0n) is 15.2. The third kappa shape index (κ3) is 5.77. The van der Waals surface area contributed by atoms with E-state index in [1.54, 1.807) is 0 Å². The van der Waals surface area contributed by atoms with E-state index in [9.17, 15) is 22.0 Å². The molecule has 0 unspecified atom stereocenters.